The summed E-state index contributed by atoms with van der Waals surface area (Å²) in [6.45, 7) is 1.75. The highest BCUT2D eigenvalue weighted by Gasteiger charge is 2.28. The number of carbonyl (C=O) groups excluding carboxylic acids is 1. The first-order valence-corrected chi connectivity index (χ1v) is 12.4. The average molecular weight is 556 g/mol. The smallest absolute Gasteiger partial charge is 0.280 e. The van der Waals surface area contributed by atoms with E-state index < -0.39 is 5.91 Å². The fourth-order valence-electron chi connectivity index (χ4n) is 3.95. The molecule has 1 aliphatic rings. The Kier molecular flexibility index (Phi) is 7.21. The van der Waals surface area contributed by atoms with Gasteiger partial charge in [-0.1, -0.05) is 47.5 Å². The van der Waals surface area contributed by atoms with Crippen molar-refractivity contribution < 1.29 is 4.79 Å². The number of hydrogen-bond acceptors (Lipinski definition) is 5. The van der Waals surface area contributed by atoms with E-state index in [4.69, 9.17) is 28.6 Å². The molecule has 2 heterocycles. The number of amidine groups is 1. The molecule has 4 aromatic rings. The maximum Gasteiger partial charge on any atom is 0.280 e. The first-order valence-electron chi connectivity index (χ1n) is 11.6. The zero-order valence-corrected chi connectivity index (χ0v) is 21.9. The Hall–Kier alpha value is -4.82. The van der Waals surface area contributed by atoms with E-state index in [1.54, 1.807) is 79.7 Å². The number of nitrogens with zero attached hydrogens (tertiary/aromatic N) is 4. The van der Waals surface area contributed by atoms with Crippen molar-refractivity contribution in [2.75, 3.05) is 5.32 Å². The third kappa shape index (κ3) is 5.28. The molecule has 0 saturated heterocycles. The van der Waals surface area contributed by atoms with Crippen LogP contribution in [0.3, 0.4) is 0 Å². The van der Waals surface area contributed by atoms with Crippen LogP contribution in [-0.4, -0.2) is 39.3 Å². The topological polar surface area (TPSA) is 128 Å². The van der Waals surface area contributed by atoms with Crippen LogP contribution in [0.4, 0.5) is 5.69 Å². The van der Waals surface area contributed by atoms with Crippen molar-refractivity contribution in [2.24, 2.45) is 15.2 Å². The van der Waals surface area contributed by atoms with Gasteiger partial charge in [0.2, 0.25) is 0 Å². The predicted molar refractivity (Wildman–Crippen MR) is 155 cm³/mol. The molecule has 0 fully saturated rings. The Labute approximate surface area is 232 Å². The second-order valence-electron chi connectivity index (χ2n) is 8.40. The quantitative estimate of drug-likeness (QED) is 0.172. The van der Waals surface area contributed by atoms with Crippen LogP contribution in [0.15, 0.2) is 98.4 Å². The van der Waals surface area contributed by atoms with Crippen molar-refractivity contribution in [3.05, 3.63) is 121 Å². The van der Waals surface area contributed by atoms with Gasteiger partial charge in [-0.3, -0.25) is 20.1 Å². The maximum atomic E-state index is 13.0. The van der Waals surface area contributed by atoms with E-state index in [1.165, 1.54) is 10.9 Å². The summed E-state index contributed by atoms with van der Waals surface area (Å²) in [6, 6.07) is 20.6. The molecule has 39 heavy (non-hydrogen) atoms. The number of rotatable bonds is 6. The average Bonchev–Trinajstić information content (AvgIpc) is 3.43. The number of H-pyrrole nitrogens is 1. The lowest BCUT2D eigenvalue weighted by atomic mass is 10.00. The summed E-state index contributed by atoms with van der Waals surface area (Å²) in [7, 11) is 0. The van der Waals surface area contributed by atoms with Crippen molar-refractivity contribution in [3.63, 3.8) is 0 Å². The van der Waals surface area contributed by atoms with Crippen LogP contribution in [0.2, 0.25) is 10.0 Å². The highest BCUT2D eigenvalue weighted by Crippen LogP contribution is 2.24. The summed E-state index contributed by atoms with van der Waals surface area (Å²) in [5.41, 5.74) is 3.16. The second kappa shape index (κ2) is 10.9. The molecule has 0 atom stereocenters. The fraction of sp³-hybridized carbons (Fsp3) is 0.0357. The molecule has 5 rings (SSSR count). The Morgan fingerprint density at radius 3 is 2.33 bits per heavy atom. The Morgan fingerprint density at radius 2 is 1.67 bits per heavy atom. The summed E-state index contributed by atoms with van der Waals surface area (Å²) in [5.74, 6) is 1.88. The van der Waals surface area contributed by atoms with Crippen molar-refractivity contribution in [3.8, 4) is 5.69 Å². The molecule has 0 saturated carbocycles. The molecule has 0 bridgehead atoms. The van der Waals surface area contributed by atoms with Gasteiger partial charge in [0.15, 0.2) is 5.84 Å². The number of halogens is 2. The van der Waals surface area contributed by atoms with Crippen molar-refractivity contribution in [2.45, 2.75) is 6.92 Å². The predicted octanol–water partition coefficient (Wildman–Crippen LogP) is 5.18. The molecule has 3 aromatic carbocycles. The molecule has 1 amide bonds. The molecule has 9 nitrogen and oxygen atoms in total. The number of amides is 1. The number of carbonyl (C=O) groups is 1. The van der Waals surface area contributed by atoms with Crippen LogP contribution in [0.1, 0.15) is 22.4 Å². The van der Waals surface area contributed by atoms with Crippen LogP contribution in [0.25, 0.3) is 5.69 Å². The molecule has 1 aromatic heterocycles. The minimum Gasteiger partial charge on any atom is -0.321 e. The number of benzene rings is 3. The molecule has 11 heteroatoms. The van der Waals surface area contributed by atoms with Gasteiger partial charge < -0.3 is 5.32 Å². The third-order valence-electron chi connectivity index (χ3n) is 5.87. The van der Waals surface area contributed by atoms with Gasteiger partial charge in [-0.15, -0.1) is 5.10 Å². The summed E-state index contributed by atoms with van der Waals surface area (Å²) in [5, 5.41) is 23.0. The lowest BCUT2D eigenvalue weighted by molar-refractivity contribution is -0.112. The Balaban J connectivity index is 1.45. The van der Waals surface area contributed by atoms with E-state index in [-0.39, 0.29) is 22.7 Å². The van der Waals surface area contributed by atoms with E-state index in [0.29, 0.717) is 43.8 Å². The number of aryl methyl sites for hydroxylation is 1. The number of anilines is 1. The van der Waals surface area contributed by atoms with Crippen LogP contribution in [0.5, 0.6) is 0 Å². The molecular weight excluding hydrogens is 537 g/mol. The third-order valence-corrected chi connectivity index (χ3v) is 6.38. The monoisotopic (exact) mass is 555 g/mol. The first-order chi connectivity index (χ1) is 18.9. The summed E-state index contributed by atoms with van der Waals surface area (Å²) in [6.07, 6.45) is 1.35. The number of hydrogen-bond donors (Lipinski definition) is 3. The molecule has 0 aliphatic carbocycles. The highest BCUT2D eigenvalue weighted by atomic mass is 35.5. The summed E-state index contributed by atoms with van der Waals surface area (Å²) < 4.78 is 1.39. The van der Waals surface area contributed by atoms with Gasteiger partial charge in [0.1, 0.15) is 5.57 Å². The Morgan fingerprint density at radius 1 is 1.03 bits per heavy atom. The summed E-state index contributed by atoms with van der Waals surface area (Å²) in [4.78, 5) is 30.4. The molecular formula is C28H19Cl2N7O2. The summed E-state index contributed by atoms with van der Waals surface area (Å²) >= 11 is 11.9. The molecule has 1 aliphatic heterocycles. The number of aliphatic imine (C=N–C) groups is 1. The lowest BCUT2D eigenvalue weighted by Gasteiger charge is -2.07. The highest BCUT2D eigenvalue weighted by molar-refractivity contribution is 6.41. The van der Waals surface area contributed by atoms with Gasteiger partial charge in [-0.2, -0.15) is 5.10 Å². The van der Waals surface area contributed by atoms with Gasteiger partial charge in [-0.25, -0.2) is 9.67 Å². The van der Waals surface area contributed by atoms with Crippen molar-refractivity contribution >= 4 is 58.4 Å². The molecule has 0 radical (unpaired) electrons. The van der Waals surface area contributed by atoms with Crippen LogP contribution >= 0.6 is 23.2 Å². The van der Waals surface area contributed by atoms with Crippen LogP contribution in [0, 0.1) is 12.3 Å². The van der Waals surface area contributed by atoms with Crippen LogP contribution in [-0.2, 0) is 4.79 Å². The van der Waals surface area contributed by atoms with E-state index in [2.05, 4.69) is 31.5 Å². The van der Waals surface area contributed by atoms with Gasteiger partial charge in [-0.05, 0) is 61.3 Å². The fourth-order valence-corrected chi connectivity index (χ4v) is 4.20. The van der Waals surface area contributed by atoms with E-state index in [0.717, 1.165) is 0 Å². The zero-order chi connectivity index (χ0) is 27.5. The first kappa shape index (κ1) is 25.8. The number of fused-ring (bicyclic) bond motifs is 1. The molecule has 0 unspecified atom stereocenters. The SMILES string of the molecule is Cc1[nH]n(-c2ccc(Cl)cc2)c(=O)c1C=NN=C1N=C(C(=C=N)C(=O)Nc2ccc(Cl)cc2)c2ccccc21. The van der Waals surface area contributed by atoms with Gasteiger partial charge >= 0.3 is 0 Å². The van der Waals surface area contributed by atoms with E-state index >= 15 is 0 Å². The van der Waals surface area contributed by atoms with E-state index in [1.807, 2.05) is 0 Å². The van der Waals surface area contributed by atoms with Gasteiger partial charge in [0.05, 0.1) is 23.2 Å². The standard InChI is InChI=1S/C28H19Cl2N7O2/c1-16-24(28(39)37(36-16)20-12-8-18(30)9-13-20)15-32-35-26-22-5-3-2-4-21(22)25(34-26)23(14-31)27(38)33-19-10-6-17(29)7-11-19/h2-13,15,31,36H,1H3,(H,33,38). The molecule has 3 N–H and O–H groups in total. The largest absolute Gasteiger partial charge is 0.321 e. The molecule has 0 spiro atoms. The Bertz CT molecular complexity index is 1790. The van der Waals surface area contributed by atoms with Crippen LogP contribution < -0.4 is 10.9 Å². The van der Waals surface area contributed by atoms with Crippen molar-refractivity contribution in [1.82, 2.24) is 9.78 Å². The number of nitrogens with one attached hydrogen (secondary N) is 3. The van der Waals surface area contributed by atoms with E-state index in [9.17, 15) is 9.59 Å². The van der Waals surface area contributed by atoms with Gasteiger partial charge in [0, 0.05) is 32.6 Å². The van der Waals surface area contributed by atoms with Crippen molar-refractivity contribution in [1.29, 1.82) is 5.41 Å². The minimum absolute atomic E-state index is 0.0705. The number of aromatic nitrogens is 2. The number of aromatic amines is 1. The second-order valence-corrected chi connectivity index (χ2v) is 9.28. The minimum atomic E-state index is -0.559. The maximum absolute atomic E-state index is 13.0. The lowest BCUT2D eigenvalue weighted by Crippen LogP contribution is -2.21. The van der Waals surface area contributed by atoms with Gasteiger partial charge in [0.25, 0.3) is 11.5 Å². The molecule has 192 valence electrons. The normalized spacial score (nSPS) is 13.3. The zero-order valence-electron chi connectivity index (χ0n) is 20.4.